The van der Waals surface area contributed by atoms with Crippen LogP contribution in [0.5, 0.6) is 5.75 Å². The lowest BCUT2D eigenvalue weighted by atomic mass is 10.2. The minimum atomic E-state index is 0.0339. The normalized spacial score (nSPS) is 15.8. The Morgan fingerprint density at radius 3 is 2.96 bits per heavy atom. The van der Waals surface area contributed by atoms with Crippen LogP contribution in [0.4, 0.5) is 0 Å². The number of aliphatic hydroxyl groups excluding tert-OH is 1. The lowest BCUT2D eigenvalue weighted by molar-refractivity contribution is 0.201. The zero-order chi connectivity index (χ0) is 16.5. The molecule has 1 saturated carbocycles. The molecule has 24 heavy (non-hydrogen) atoms. The highest BCUT2D eigenvalue weighted by Crippen LogP contribution is 2.36. The molecular weight excluding hydrogens is 302 g/mol. The third-order valence-electron chi connectivity index (χ3n) is 4.62. The molecule has 126 valence electrons. The van der Waals surface area contributed by atoms with E-state index in [1.165, 1.54) is 12.8 Å². The predicted molar refractivity (Wildman–Crippen MR) is 92.9 cm³/mol. The lowest BCUT2D eigenvalue weighted by Gasteiger charge is -2.18. The molecule has 2 aromatic heterocycles. The van der Waals surface area contributed by atoms with Crippen LogP contribution in [0, 0.1) is 5.92 Å². The van der Waals surface area contributed by atoms with Gasteiger partial charge in [-0.25, -0.2) is 4.98 Å². The van der Waals surface area contributed by atoms with Crippen molar-refractivity contribution in [3.05, 3.63) is 48.7 Å². The topological polar surface area (TPSA) is 52.2 Å². The SMILES string of the molecule is CC(Cn1ccnc1)Oc1cccc2cc(CO)n(CC3CC3)c12. The number of fused-ring (bicyclic) bond motifs is 1. The zero-order valence-corrected chi connectivity index (χ0v) is 13.9. The number of nitrogens with zero attached hydrogens (tertiary/aromatic N) is 3. The second kappa shape index (κ2) is 6.32. The van der Waals surface area contributed by atoms with Crippen LogP contribution in [0.3, 0.4) is 0 Å². The van der Waals surface area contributed by atoms with E-state index in [2.05, 4.69) is 28.6 Å². The number of ether oxygens (including phenoxy) is 1. The molecule has 1 N–H and O–H groups in total. The van der Waals surface area contributed by atoms with Crippen LogP contribution in [0.1, 0.15) is 25.5 Å². The zero-order valence-electron chi connectivity index (χ0n) is 13.9. The molecular formula is C19H23N3O2. The van der Waals surface area contributed by atoms with Crippen LogP contribution in [0.2, 0.25) is 0 Å². The number of benzene rings is 1. The Hall–Kier alpha value is -2.27. The minimum absolute atomic E-state index is 0.0339. The van der Waals surface area contributed by atoms with Crippen molar-refractivity contribution in [2.75, 3.05) is 0 Å². The minimum Gasteiger partial charge on any atom is -0.487 e. The summed E-state index contributed by atoms with van der Waals surface area (Å²) in [6.07, 6.45) is 8.13. The summed E-state index contributed by atoms with van der Waals surface area (Å²) in [5.41, 5.74) is 2.07. The molecule has 5 nitrogen and oxygen atoms in total. The summed E-state index contributed by atoms with van der Waals surface area (Å²) in [6.45, 7) is 3.85. The first-order valence-corrected chi connectivity index (χ1v) is 8.59. The third kappa shape index (κ3) is 3.04. The quantitative estimate of drug-likeness (QED) is 0.726. The van der Waals surface area contributed by atoms with E-state index < -0.39 is 0 Å². The monoisotopic (exact) mass is 325 g/mol. The molecule has 3 aromatic rings. The molecule has 2 heterocycles. The van der Waals surface area contributed by atoms with E-state index >= 15 is 0 Å². The van der Waals surface area contributed by atoms with E-state index in [4.69, 9.17) is 4.74 Å². The van der Waals surface area contributed by atoms with Gasteiger partial charge in [0.1, 0.15) is 11.9 Å². The molecule has 5 heteroatoms. The van der Waals surface area contributed by atoms with Crippen molar-refractivity contribution in [1.29, 1.82) is 0 Å². The average molecular weight is 325 g/mol. The van der Waals surface area contributed by atoms with Crippen molar-refractivity contribution in [2.24, 2.45) is 5.92 Å². The molecule has 0 aliphatic heterocycles. The first kappa shape index (κ1) is 15.3. The van der Waals surface area contributed by atoms with Gasteiger partial charge in [-0.05, 0) is 37.8 Å². The van der Waals surface area contributed by atoms with Gasteiger partial charge in [0.05, 0.1) is 25.0 Å². The van der Waals surface area contributed by atoms with Crippen molar-refractivity contribution in [3.63, 3.8) is 0 Å². The van der Waals surface area contributed by atoms with E-state index in [9.17, 15) is 5.11 Å². The maximum Gasteiger partial charge on any atom is 0.144 e. The molecule has 1 unspecified atom stereocenters. The highest BCUT2D eigenvalue weighted by molar-refractivity contribution is 5.87. The average Bonchev–Trinajstić information content (AvgIpc) is 3.10. The molecule has 1 aliphatic rings. The smallest absolute Gasteiger partial charge is 0.144 e. The predicted octanol–water partition coefficient (Wildman–Crippen LogP) is 3.21. The van der Waals surface area contributed by atoms with Gasteiger partial charge in [0.15, 0.2) is 0 Å². The molecule has 0 bridgehead atoms. The number of hydrogen-bond acceptors (Lipinski definition) is 3. The number of para-hydroxylation sites is 1. The van der Waals surface area contributed by atoms with Crippen LogP contribution in [0.25, 0.3) is 10.9 Å². The second-order valence-corrected chi connectivity index (χ2v) is 6.73. The van der Waals surface area contributed by atoms with Gasteiger partial charge in [0.25, 0.3) is 0 Å². The summed E-state index contributed by atoms with van der Waals surface area (Å²) in [7, 11) is 0. The number of aliphatic hydroxyl groups is 1. The van der Waals surface area contributed by atoms with E-state index in [1.54, 1.807) is 12.5 Å². The van der Waals surface area contributed by atoms with Crippen molar-refractivity contribution < 1.29 is 9.84 Å². The summed E-state index contributed by atoms with van der Waals surface area (Å²) in [4.78, 5) is 4.08. The van der Waals surface area contributed by atoms with Crippen LogP contribution < -0.4 is 4.74 Å². The lowest BCUT2D eigenvalue weighted by Crippen LogP contribution is -2.19. The van der Waals surface area contributed by atoms with Gasteiger partial charge in [0, 0.05) is 30.0 Å². The number of rotatable bonds is 7. The van der Waals surface area contributed by atoms with Crippen molar-refractivity contribution in [2.45, 2.75) is 45.6 Å². The van der Waals surface area contributed by atoms with Gasteiger partial charge in [-0.3, -0.25) is 0 Å². The third-order valence-corrected chi connectivity index (χ3v) is 4.62. The molecule has 0 radical (unpaired) electrons. The number of aromatic nitrogens is 3. The number of hydrogen-bond donors (Lipinski definition) is 1. The summed E-state index contributed by atoms with van der Waals surface area (Å²) in [5, 5.41) is 10.9. The maximum atomic E-state index is 9.72. The van der Waals surface area contributed by atoms with Gasteiger partial charge in [0.2, 0.25) is 0 Å². The molecule has 4 rings (SSSR count). The van der Waals surface area contributed by atoms with Crippen LogP contribution in [-0.4, -0.2) is 25.3 Å². The molecule has 0 saturated heterocycles. The van der Waals surface area contributed by atoms with Crippen molar-refractivity contribution in [1.82, 2.24) is 14.1 Å². The Morgan fingerprint density at radius 2 is 2.25 bits per heavy atom. The number of imidazole rings is 1. The molecule has 1 aromatic carbocycles. The molecule has 1 fully saturated rings. The first-order valence-electron chi connectivity index (χ1n) is 8.59. The summed E-state index contributed by atoms with van der Waals surface area (Å²) >= 11 is 0. The summed E-state index contributed by atoms with van der Waals surface area (Å²) < 4.78 is 10.5. The van der Waals surface area contributed by atoms with Crippen molar-refractivity contribution >= 4 is 10.9 Å². The standard InChI is InChI=1S/C19H23N3O2/c1-14(10-21-8-7-20-13-21)24-18-4-2-3-16-9-17(12-23)22(19(16)18)11-15-5-6-15/h2-4,7-9,13-15,23H,5-6,10-12H2,1H3. The van der Waals surface area contributed by atoms with Crippen molar-refractivity contribution in [3.8, 4) is 5.75 Å². The first-order chi connectivity index (χ1) is 11.7. The van der Waals surface area contributed by atoms with Gasteiger partial charge >= 0.3 is 0 Å². The van der Waals surface area contributed by atoms with E-state index in [1.807, 2.05) is 22.9 Å². The van der Waals surface area contributed by atoms with E-state index in [0.29, 0.717) is 0 Å². The van der Waals surface area contributed by atoms with Crippen LogP contribution in [0.15, 0.2) is 43.0 Å². The Labute approximate surface area is 141 Å². The van der Waals surface area contributed by atoms with Crippen LogP contribution in [-0.2, 0) is 19.7 Å². The second-order valence-electron chi connectivity index (χ2n) is 6.73. The Balaban J connectivity index is 1.65. The molecule has 0 spiro atoms. The van der Waals surface area contributed by atoms with Gasteiger partial charge in [-0.1, -0.05) is 12.1 Å². The van der Waals surface area contributed by atoms with E-state index in [-0.39, 0.29) is 12.7 Å². The molecule has 1 aliphatic carbocycles. The van der Waals surface area contributed by atoms with Gasteiger partial charge in [-0.15, -0.1) is 0 Å². The molecule has 1 atom stereocenters. The fraction of sp³-hybridized carbons (Fsp3) is 0.421. The highest BCUT2D eigenvalue weighted by atomic mass is 16.5. The highest BCUT2D eigenvalue weighted by Gasteiger charge is 2.24. The van der Waals surface area contributed by atoms with Crippen LogP contribution >= 0.6 is 0 Å². The molecule has 0 amide bonds. The fourth-order valence-electron chi connectivity index (χ4n) is 3.28. The fourth-order valence-corrected chi connectivity index (χ4v) is 3.28. The largest absolute Gasteiger partial charge is 0.487 e. The maximum absolute atomic E-state index is 9.72. The summed E-state index contributed by atoms with van der Waals surface area (Å²) in [6, 6.07) is 8.21. The summed E-state index contributed by atoms with van der Waals surface area (Å²) in [5.74, 6) is 1.63. The Bertz CT molecular complexity index is 819. The van der Waals surface area contributed by atoms with E-state index in [0.717, 1.165) is 41.4 Å². The van der Waals surface area contributed by atoms with Gasteiger partial charge in [-0.2, -0.15) is 0 Å². The van der Waals surface area contributed by atoms with Gasteiger partial charge < -0.3 is 19.0 Å². The Kier molecular flexibility index (Phi) is 4.02. The Morgan fingerprint density at radius 1 is 1.38 bits per heavy atom.